The van der Waals surface area contributed by atoms with Gasteiger partial charge in [-0.1, -0.05) is 0 Å². The van der Waals surface area contributed by atoms with Gasteiger partial charge < -0.3 is 10.5 Å². The number of nitrogens with zero attached hydrogens (tertiary/aromatic N) is 1. The van der Waals surface area contributed by atoms with E-state index in [-0.39, 0.29) is 30.8 Å². The number of rotatable bonds is 4. The minimum absolute atomic E-state index is 0. The van der Waals surface area contributed by atoms with Crippen LogP contribution < -0.4 is 5.73 Å². The Labute approximate surface area is 97.4 Å². The molecule has 2 N–H and O–H groups in total. The predicted octanol–water partition coefficient (Wildman–Crippen LogP) is -0.192. The standard InChI is InChI=1S/C8H18N2O3S.ClH/c1-13-5-6-14(11,12)10-4-2-3-8(9)7-10;/h8H,2-7,9H2,1H3;1H. The van der Waals surface area contributed by atoms with Crippen molar-refractivity contribution in [3.8, 4) is 0 Å². The molecular weight excluding hydrogens is 240 g/mol. The molecule has 0 aromatic rings. The van der Waals surface area contributed by atoms with Crippen LogP contribution in [0.25, 0.3) is 0 Å². The number of ether oxygens (including phenoxy) is 1. The van der Waals surface area contributed by atoms with Crippen LogP contribution in [0, 0.1) is 0 Å². The Balaban J connectivity index is 0.00000196. The third-order valence-electron chi connectivity index (χ3n) is 2.36. The molecule has 7 heteroatoms. The number of sulfonamides is 1. The third kappa shape index (κ3) is 4.65. The molecule has 92 valence electrons. The molecule has 1 unspecified atom stereocenters. The Kier molecular flexibility index (Phi) is 6.70. The monoisotopic (exact) mass is 258 g/mol. The van der Waals surface area contributed by atoms with Gasteiger partial charge in [-0.05, 0) is 12.8 Å². The molecule has 1 aliphatic rings. The van der Waals surface area contributed by atoms with Gasteiger partial charge >= 0.3 is 0 Å². The first-order valence-corrected chi connectivity index (χ1v) is 6.39. The van der Waals surface area contributed by atoms with Gasteiger partial charge in [-0.2, -0.15) is 0 Å². The highest BCUT2D eigenvalue weighted by atomic mass is 35.5. The highest BCUT2D eigenvalue weighted by Gasteiger charge is 2.26. The zero-order valence-corrected chi connectivity index (χ0v) is 10.5. The van der Waals surface area contributed by atoms with E-state index in [2.05, 4.69) is 0 Å². The summed E-state index contributed by atoms with van der Waals surface area (Å²) in [7, 11) is -1.65. The lowest BCUT2D eigenvalue weighted by atomic mass is 10.1. The number of nitrogens with two attached hydrogens (primary N) is 1. The topological polar surface area (TPSA) is 72.6 Å². The van der Waals surface area contributed by atoms with E-state index in [0.717, 1.165) is 12.8 Å². The van der Waals surface area contributed by atoms with Crippen LogP contribution in [0.1, 0.15) is 12.8 Å². The Morgan fingerprint density at radius 2 is 2.20 bits per heavy atom. The van der Waals surface area contributed by atoms with E-state index in [9.17, 15) is 8.42 Å². The van der Waals surface area contributed by atoms with E-state index >= 15 is 0 Å². The normalized spacial score (nSPS) is 23.5. The average molecular weight is 259 g/mol. The molecule has 0 spiro atoms. The van der Waals surface area contributed by atoms with Gasteiger partial charge in [0.15, 0.2) is 0 Å². The average Bonchev–Trinajstić information content (AvgIpc) is 2.15. The van der Waals surface area contributed by atoms with Gasteiger partial charge in [0.05, 0.1) is 12.4 Å². The van der Waals surface area contributed by atoms with Crippen LogP contribution in [-0.4, -0.2) is 51.3 Å². The fourth-order valence-electron chi connectivity index (χ4n) is 1.54. The number of hydrogen-bond donors (Lipinski definition) is 1. The third-order valence-corrected chi connectivity index (χ3v) is 4.16. The molecular formula is C8H19ClN2O3S. The van der Waals surface area contributed by atoms with Crippen LogP contribution in [0.2, 0.25) is 0 Å². The van der Waals surface area contributed by atoms with Crippen molar-refractivity contribution in [3.05, 3.63) is 0 Å². The van der Waals surface area contributed by atoms with E-state index in [1.54, 1.807) is 0 Å². The first kappa shape index (κ1) is 15.1. The predicted molar refractivity (Wildman–Crippen MR) is 61.7 cm³/mol. The molecule has 0 aliphatic carbocycles. The number of hydrogen-bond acceptors (Lipinski definition) is 4. The Morgan fingerprint density at radius 3 is 2.73 bits per heavy atom. The van der Waals surface area contributed by atoms with E-state index in [1.807, 2.05) is 0 Å². The highest BCUT2D eigenvalue weighted by molar-refractivity contribution is 7.89. The largest absolute Gasteiger partial charge is 0.384 e. The van der Waals surface area contributed by atoms with Crippen LogP contribution in [0.3, 0.4) is 0 Å². The summed E-state index contributed by atoms with van der Waals surface area (Å²) >= 11 is 0. The molecule has 1 aliphatic heterocycles. The molecule has 1 rings (SSSR count). The summed E-state index contributed by atoms with van der Waals surface area (Å²) < 4.78 is 29.6. The summed E-state index contributed by atoms with van der Waals surface area (Å²) in [4.78, 5) is 0. The Morgan fingerprint density at radius 1 is 1.53 bits per heavy atom. The van der Waals surface area contributed by atoms with Crippen LogP contribution in [0.4, 0.5) is 0 Å². The van der Waals surface area contributed by atoms with Gasteiger partial charge in [0.1, 0.15) is 0 Å². The molecule has 0 saturated carbocycles. The first-order valence-electron chi connectivity index (χ1n) is 4.78. The fourth-order valence-corrected chi connectivity index (χ4v) is 3.01. The molecule has 15 heavy (non-hydrogen) atoms. The SMILES string of the molecule is COCCS(=O)(=O)N1CCCC(N)C1.Cl. The number of halogens is 1. The van der Waals surface area contributed by atoms with Crippen LogP contribution in [0.5, 0.6) is 0 Å². The Hall–Kier alpha value is 0.120. The van der Waals surface area contributed by atoms with Crippen molar-refractivity contribution in [1.29, 1.82) is 0 Å². The van der Waals surface area contributed by atoms with Crippen molar-refractivity contribution < 1.29 is 13.2 Å². The van der Waals surface area contributed by atoms with Gasteiger partial charge in [-0.25, -0.2) is 12.7 Å². The second-order valence-corrected chi connectivity index (χ2v) is 5.66. The zero-order valence-electron chi connectivity index (χ0n) is 8.89. The van der Waals surface area contributed by atoms with E-state index in [1.165, 1.54) is 11.4 Å². The second kappa shape index (κ2) is 6.65. The summed E-state index contributed by atoms with van der Waals surface area (Å²) in [6.07, 6.45) is 1.77. The summed E-state index contributed by atoms with van der Waals surface area (Å²) in [5.41, 5.74) is 5.71. The maximum atomic E-state index is 11.7. The molecule has 5 nitrogen and oxygen atoms in total. The lowest BCUT2D eigenvalue weighted by molar-refractivity contribution is 0.214. The molecule has 0 aromatic carbocycles. The Bertz CT molecular complexity index is 271. The van der Waals surface area contributed by atoms with Crippen LogP contribution in [-0.2, 0) is 14.8 Å². The lowest BCUT2D eigenvalue weighted by Gasteiger charge is -2.29. The van der Waals surface area contributed by atoms with Gasteiger partial charge in [0.2, 0.25) is 10.0 Å². The lowest BCUT2D eigenvalue weighted by Crippen LogP contribution is -2.46. The summed E-state index contributed by atoms with van der Waals surface area (Å²) in [5, 5.41) is 0. The van der Waals surface area contributed by atoms with Crippen molar-refractivity contribution in [2.24, 2.45) is 5.73 Å². The maximum absolute atomic E-state index is 11.7. The van der Waals surface area contributed by atoms with Gasteiger partial charge in [-0.15, -0.1) is 12.4 Å². The van der Waals surface area contributed by atoms with E-state index in [0.29, 0.717) is 13.1 Å². The molecule has 1 fully saturated rings. The van der Waals surface area contributed by atoms with Gasteiger partial charge in [0.25, 0.3) is 0 Å². The molecule has 1 saturated heterocycles. The van der Waals surface area contributed by atoms with E-state index in [4.69, 9.17) is 10.5 Å². The van der Waals surface area contributed by atoms with Crippen molar-refractivity contribution in [3.63, 3.8) is 0 Å². The molecule has 1 atom stereocenters. The van der Waals surface area contributed by atoms with Crippen molar-refractivity contribution in [1.82, 2.24) is 4.31 Å². The molecule has 0 amide bonds. The van der Waals surface area contributed by atoms with E-state index < -0.39 is 10.0 Å². The van der Waals surface area contributed by atoms with Crippen molar-refractivity contribution in [2.45, 2.75) is 18.9 Å². The fraction of sp³-hybridized carbons (Fsp3) is 1.00. The van der Waals surface area contributed by atoms with Crippen LogP contribution in [0.15, 0.2) is 0 Å². The quantitative estimate of drug-likeness (QED) is 0.759. The zero-order chi connectivity index (χ0) is 10.6. The van der Waals surface area contributed by atoms with Gasteiger partial charge in [0, 0.05) is 26.2 Å². The maximum Gasteiger partial charge on any atom is 0.216 e. The van der Waals surface area contributed by atoms with Crippen molar-refractivity contribution >= 4 is 22.4 Å². The van der Waals surface area contributed by atoms with Gasteiger partial charge in [-0.3, -0.25) is 0 Å². The number of piperidine rings is 1. The summed E-state index contributed by atoms with van der Waals surface area (Å²) in [5.74, 6) is 0.0518. The molecule has 0 bridgehead atoms. The molecule has 1 heterocycles. The minimum Gasteiger partial charge on any atom is -0.384 e. The van der Waals surface area contributed by atoms with Crippen molar-refractivity contribution in [2.75, 3.05) is 32.6 Å². The van der Waals surface area contributed by atoms with Crippen LogP contribution >= 0.6 is 12.4 Å². The summed E-state index contributed by atoms with van der Waals surface area (Å²) in [6, 6.07) is -0.0129. The number of methoxy groups -OCH3 is 1. The molecule has 0 radical (unpaired) electrons. The second-order valence-electron chi connectivity index (χ2n) is 3.57. The highest BCUT2D eigenvalue weighted by Crippen LogP contribution is 2.12. The summed E-state index contributed by atoms with van der Waals surface area (Å²) in [6.45, 7) is 1.29. The first-order chi connectivity index (χ1) is 6.56. The molecule has 0 aromatic heterocycles. The smallest absolute Gasteiger partial charge is 0.216 e. The minimum atomic E-state index is -3.15.